The summed E-state index contributed by atoms with van der Waals surface area (Å²) in [5.74, 6) is 1.29. The summed E-state index contributed by atoms with van der Waals surface area (Å²) in [5, 5.41) is 0. The van der Waals surface area contributed by atoms with Gasteiger partial charge in [-0.05, 0) is 18.8 Å². The molecule has 2 atom stereocenters. The second kappa shape index (κ2) is 5.11. The van der Waals surface area contributed by atoms with Gasteiger partial charge in [0.05, 0.1) is 0 Å². The summed E-state index contributed by atoms with van der Waals surface area (Å²) in [6.45, 7) is 6.64. The molecule has 0 aromatic carbocycles. The number of hydrogen-bond acceptors (Lipinski definition) is 2. The van der Waals surface area contributed by atoms with Crippen LogP contribution in [0.25, 0.3) is 0 Å². The van der Waals surface area contributed by atoms with Crippen LogP contribution >= 0.6 is 0 Å². The molecule has 0 bridgehead atoms. The molecule has 1 rings (SSSR count). The number of carbonyl (C=O) groups excluding carboxylic acids is 1. The highest BCUT2D eigenvalue weighted by Crippen LogP contribution is 2.36. The molecule has 1 aliphatic rings. The van der Waals surface area contributed by atoms with Gasteiger partial charge in [-0.1, -0.05) is 40.0 Å². The van der Waals surface area contributed by atoms with E-state index in [1.807, 2.05) is 13.8 Å². The number of nitrogens with two attached hydrogens (primary N) is 1. The highest BCUT2D eigenvalue weighted by atomic mass is 16.1. The average molecular weight is 211 g/mol. The lowest BCUT2D eigenvalue weighted by molar-refractivity contribution is -0.133. The van der Waals surface area contributed by atoms with Gasteiger partial charge < -0.3 is 5.73 Å². The van der Waals surface area contributed by atoms with Gasteiger partial charge in [-0.2, -0.15) is 0 Å². The van der Waals surface area contributed by atoms with Gasteiger partial charge in [0.1, 0.15) is 5.78 Å². The predicted molar refractivity (Wildman–Crippen MR) is 63.6 cm³/mol. The summed E-state index contributed by atoms with van der Waals surface area (Å²) in [7, 11) is 0. The van der Waals surface area contributed by atoms with Gasteiger partial charge in [0.25, 0.3) is 0 Å². The zero-order valence-electron chi connectivity index (χ0n) is 10.4. The minimum absolute atomic E-state index is 0.280. The lowest BCUT2D eigenvalue weighted by atomic mass is 9.69. The van der Waals surface area contributed by atoms with E-state index in [1.54, 1.807) is 0 Å². The molecule has 88 valence electrons. The molecule has 0 saturated heterocycles. The summed E-state index contributed by atoms with van der Waals surface area (Å²) in [4.78, 5) is 12.3. The zero-order valence-corrected chi connectivity index (χ0v) is 10.4. The highest BCUT2D eigenvalue weighted by Gasteiger charge is 2.37. The van der Waals surface area contributed by atoms with Crippen LogP contribution in [0.2, 0.25) is 0 Å². The molecule has 0 heterocycles. The Kier molecular flexibility index (Phi) is 4.32. The molecule has 0 aromatic rings. The fourth-order valence-electron chi connectivity index (χ4n) is 2.64. The van der Waals surface area contributed by atoms with Gasteiger partial charge in [-0.15, -0.1) is 0 Å². The Morgan fingerprint density at radius 3 is 2.47 bits per heavy atom. The Labute approximate surface area is 93.6 Å². The van der Waals surface area contributed by atoms with Crippen LogP contribution in [0.4, 0.5) is 0 Å². The van der Waals surface area contributed by atoms with Crippen LogP contribution in [0.3, 0.4) is 0 Å². The summed E-state index contributed by atoms with van der Waals surface area (Å²) in [5.41, 5.74) is 5.36. The molecule has 2 nitrogen and oxygen atoms in total. The lowest BCUT2D eigenvalue weighted by Crippen LogP contribution is -2.40. The predicted octanol–water partition coefficient (Wildman–Crippen LogP) is 2.76. The van der Waals surface area contributed by atoms with Crippen molar-refractivity contribution in [2.24, 2.45) is 23.0 Å². The average Bonchev–Trinajstić information content (AvgIpc) is 2.28. The summed E-state index contributed by atoms with van der Waals surface area (Å²) in [6.07, 6.45) is 5.96. The number of hydrogen-bond donors (Lipinski definition) is 1. The molecule has 0 spiro atoms. The molecule has 1 aliphatic carbocycles. The van der Waals surface area contributed by atoms with Gasteiger partial charge in [0.2, 0.25) is 0 Å². The van der Waals surface area contributed by atoms with Crippen LogP contribution in [0.5, 0.6) is 0 Å². The van der Waals surface area contributed by atoms with Gasteiger partial charge in [-0.3, -0.25) is 4.79 Å². The van der Waals surface area contributed by atoms with Crippen LogP contribution in [-0.4, -0.2) is 12.3 Å². The molecule has 15 heavy (non-hydrogen) atoms. The fourth-order valence-corrected chi connectivity index (χ4v) is 2.64. The number of rotatable bonds is 4. The Morgan fingerprint density at radius 1 is 1.33 bits per heavy atom. The summed E-state index contributed by atoms with van der Waals surface area (Å²) in [6, 6.07) is 0. The summed E-state index contributed by atoms with van der Waals surface area (Å²) >= 11 is 0. The maximum atomic E-state index is 12.3. The van der Waals surface area contributed by atoms with Crippen molar-refractivity contribution >= 4 is 5.78 Å². The minimum atomic E-state index is -0.324. The number of ketones is 1. The quantitative estimate of drug-likeness (QED) is 0.777. The van der Waals surface area contributed by atoms with E-state index in [0.717, 1.165) is 12.8 Å². The first-order chi connectivity index (χ1) is 7.03. The van der Waals surface area contributed by atoms with Crippen molar-refractivity contribution in [2.75, 3.05) is 6.54 Å². The molecule has 1 saturated carbocycles. The van der Waals surface area contributed by atoms with E-state index in [2.05, 4.69) is 6.92 Å². The van der Waals surface area contributed by atoms with Crippen molar-refractivity contribution in [1.29, 1.82) is 0 Å². The molecule has 2 heteroatoms. The van der Waals surface area contributed by atoms with E-state index < -0.39 is 0 Å². The second-order valence-corrected chi connectivity index (χ2v) is 5.51. The SMILES string of the molecule is CCC1CCCCC1C(=O)C(C)(C)CN. The van der Waals surface area contributed by atoms with Crippen molar-refractivity contribution in [2.45, 2.75) is 52.9 Å². The first-order valence-corrected chi connectivity index (χ1v) is 6.27. The Bertz CT molecular complexity index is 223. The third-order valence-corrected chi connectivity index (χ3v) is 3.95. The second-order valence-electron chi connectivity index (χ2n) is 5.51. The Hall–Kier alpha value is -0.370. The van der Waals surface area contributed by atoms with Crippen molar-refractivity contribution in [3.05, 3.63) is 0 Å². The normalized spacial score (nSPS) is 27.7. The van der Waals surface area contributed by atoms with E-state index in [4.69, 9.17) is 5.73 Å². The smallest absolute Gasteiger partial charge is 0.143 e. The van der Waals surface area contributed by atoms with Crippen molar-refractivity contribution in [3.8, 4) is 0 Å². The van der Waals surface area contributed by atoms with Crippen LogP contribution in [0.1, 0.15) is 52.9 Å². The molecule has 1 fully saturated rings. The summed E-state index contributed by atoms with van der Waals surface area (Å²) < 4.78 is 0. The molecule has 0 amide bonds. The van der Waals surface area contributed by atoms with Crippen molar-refractivity contribution in [3.63, 3.8) is 0 Å². The zero-order chi connectivity index (χ0) is 11.5. The molecule has 0 aliphatic heterocycles. The third-order valence-electron chi connectivity index (χ3n) is 3.95. The van der Waals surface area contributed by atoms with Crippen LogP contribution in [-0.2, 0) is 4.79 Å². The molecule has 0 aromatic heterocycles. The van der Waals surface area contributed by atoms with Crippen LogP contribution < -0.4 is 5.73 Å². The maximum Gasteiger partial charge on any atom is 0.143 e. The van der Waals surface area contributed by atoms with E-state index in [-0.39, 0.29) is 11.3 Å². The Balaban J connectivity index is 2.72. The molecular weight excluding hydrogens is 186 g/mol. The van der Waals surface area contributed by atoms with Crippen LogP contribution in [0.15, 0.2) is 0 Å². The van der Waals surface area contributed by atoms with Crippen molar-refractivity contribution in [1.82, 2.24) is 0 Å². The van der Waals surface area contributed by atoms with Gasteiger partial charge in [-0.25, -0.2) is 0 Å². The number of Topliss-reactive ketones (excluding diaryl/α,β-unsaturated/α-hetero) is 1. The van der Waals surface area contributed by atoms with Gasteiger partial charge in [0, 0.05) is 17.9 Å². The van der Waals surface area contributed by atoms with Gasteiger partial charge >= 0.3 is 0 Å². The monoisotopic (exact) mass is 211 g/mol. The van der Waals surface area contributed by atoms with E-state index in [1.165, 1.54) is 19.3 Å². The maximum absolute atomic E-state index is 12.3. The number of carbonyl (C=O) groups is 1. The van der Waals surface area contributed by atoms with Crippen LogP contribution in [0, 0.1) is 17.3 Å². The van der Waals surface area contributed by atoms with E-state index >= 15 is 0 Å². The third kappa shape index (κ3) is 2.81. The molecule has 2 N–H and O–H groups in total. The minimum Gasteiger partial charge on any atom is -0.329 e. The largest absolute Gasteiger partial charge is 0.329 e. The highest BCUT2D eigenvalue weighted by molar-refractivity contribution is 5.86. The van der Waals surface area contributed by atoms with Crippen molar-refractivity contribution < 1.29 is 4.79 Å². The standard InChI is InChI=1S/C13H25NO/c1-4-10-7-5-6-8-11(10)12(15)13(2,3)9-14/h10-11H,4-9,14H2,1-3H3. The molecular formula is C13H25NO. The van der Waals surface area contributed by atoms with E-state index in [9.17, 15) is 4.79 Å². The topological polar surface area (TPSA) is 43.1 Å². The lowest BCUT2D eigenvalue weighted by Gasteiger charge is -2.35. The Morgan fingerprint density at radius 2 is 1.93 bits per heavy atom. The first-order valence-electron chi connectivity index (χ1n) is 6.27. The first kappa shape index (κ1) is 12.7. The fraction of sp³-hybridized carbons (Fsp3) is 0.923. The molecule has 0 radical (unpaired) electrons. The van der Waals surface area contributed by atoms with E-state index in [0.29, 0.717) is 18.2 Å². The van der Waals surface area contributed by atoms with Gasteiger partial charge in [0.15, 0.2) is 0 Å². The molecule has 2 unspecified atom stereocenters.